The number of unbranched alkanes of at least 4 members (excludes halogenated alkanes) is 6. The molecule has 0 aliphatic carbocycles. The highest BCUT2D eigenvalue weighted by atomic mass is 32.2. The molecule has 1 aromatic rings. The van der Waals surface area contributed by atoms with Gasteiger partial charge in [0, 0.05) is 12.2 Å². The minimum absolute atomic E-state index is 0.0425. The van der Waals surface area contributed by atoms with Gasteiger partial charge in [0.2, 0.25) is 0 Å². The second-order valence-corrected chi connectivity index (χ2v) is 7.80. The van der Waals surface area contributed by atoms with Gasteiger partial charge in [-0.3, -0.25) is 14.9 Å². The number of nitrogens with zero attached hydrogens (tertiary/aromatic N) is 1. The fourth-order valence-electron chi connectivity index (χ4n) is 3.00. The Hall–Kier alpha value is -2.42. The third kappa shape index (κ3) is 7.78. The minimum atomic E-state index is -0.942. The standard InChI is InChI=1S/C21H29NO7S/c1-4-5-6-7-8-9-10-11-17(23)30-14-15-12-13-16(20(24)28-2)19(22(26)27)18(15)21(25)29-3/h12-13H,4-11,14H2,1-3H3. The van der Waals surface area contributed by atoms with Gasteiger partial charge in [0.05, 0.1) is 19.1 Å². The van der Waals surface area contributed by atoms with E-state index >= 15 is 0 Å². The number of nitro groups is 1. The molecule has 30 heavy (non-hydrogen) atoms. The third-order valence-corrected chi connectivity index (χ3v) is 5.60. The van der Waals surface area contributed by atoms with Gasteiger partial charge in [-0.25, -0.2) is 9.59 Å². The maximum absolute atomic E-state index is 12.2. The summed E-state index contributed by atoms with van der Waals surface area (Å²) in [5.41, 5.74) is -1.09. The van der Waals surface area contributed by atoms with Crippen LogP contribution in [0.1, 0.15) is 84.6 Å². The van der Waals surface area contributed by atoms with E-state index < -0.39 is 22.5 Å². The third-order valence-electron chi connectivity index (χ3n) is 4.61. The second kappa shape index (κ2) is 13.7. The summed E-state index contributed by atoms with van der Waals surface area (Å²) in [6.07, 6.45) is 8.12. The molecule has 0 atom stereocenters. The lowest BCUT2D eigenvalue weighted by molar-refractivity contribution is -0.385. The molecule has 1 rings (SSSR count). The number of thioether (sulfide) groups is 1. The number of carbonyl (C=O) groups is 3. The molecule has 0 aromatic heterocycles. The normalized spacial score (nSPS) is 10.5. The summed E-state index contributed by atoms with van der Waals surface area (Å²) >= 11 is 0.998. The lowest BCUT2D eigenvalue weighted by Crippen LogP contribution is -2.14. The predicted octanol–water partition coefficient (Wildman–Crippen LogP) is 5.07. The summed E-state index contributed by atoms with van der Waals surface area (Å²) < 4.78 is 9.24. The molecule has 0 spiro atoms. The molecular formula is C21H29NO7S. The largest absolute Gasteiger partial charge is 0.465 e. The first-order valence-electron chi connectivity index (χ1n) is 9.99. The van der Waals surface area contributed by atoms with Crippen molar-refractivity contribution in [2.24, 2.45) is 0 Å². The molecule has 166 valence electrons. The summed E-state index contributed by atoms with van der Waals surface area (Å²) in [4.78, 5) is 47.0. The molecule has 0 amide bonds. The first-order chi connectivity index (χ1) is 14.4. The maximum Gasteiger partial charge on any atom is 0.345 e. The van der Waals surface area contributed by atoms with Crippen LogP contribution in [-0.4, -0.2) is 36.2 Å². The molecule has 0 heterocycles. The highest BCUT2D eigenvalue weighted by molar-refractivity contribution is 8.12. The molecule has 8 nitrogen and oxygen atoms in total. The van der Waals surface area contributed by atoms with Crippen LogP contribution in [-0.2, 0) is 20.0 Å². The van der Waals surface area contributed by atoms with Gasteiger partial charge in [-0.1, -0.05) is 63.3 Å². The van der Waals surface area contributed by atoms with E-state index in [1.807, 2.05) is 0 Å². The number of rotatable bonds is 13. The number of benzene rings is 1. The average Bonchev–Trinajstić information content (AvgIpc) is 2.75. The Kier molecular flexibility index (Phi) is 11.7. The van der Waals surface area contributed by atoms with Crippen molar-refractivity contribution < 1.29 is 28.8 Å². The van der Waals surface area contributed by atoms with Crippen LogP contribution in [0.5, 0.6) is 0 Å². The molecular weight excluding hydrogens is 410 g/mol. The van der Waals surface area contributed by atoms with Crippen LogP contribution in [0.3, 0.4) is 0 Å². The molecule has 0 fully saturated rings. The van der Waals surface area contributed by atoms with Gasteiger partial charge in [0.15, 0.2) is 5.12 Å². The molecule has 0 unspecified atom stereocenters. The van der Waals surface area contributed by atoms with E-state index in [0.717, 1.165) is 45.2 Å². The summed E-state index contributed by atoms with van der Waals surface area (Å²) in [5.74, 6) is -1.80. The van der Waals surface area contributed by atoms with Crippen molar-refractivity contribution in [2.45, 2.75) is 64.0 Å². The summed E-state index contributed by atoms with van der Waals surface area (Å²) in [6, 6.07) is 2.65. The summed E-state index contributed by atoms with van der Waals surface area (Å²) in [6.45, 7) is 2.17. The lowest BCUT2D eigenvalue weighted by Gasteiger charge is -2.11. The second-order valence-electron chi connectivity index (χ2n) is 6.77. The van der Waals surface area contributed by atoms with E-state index in [1.165, 1.54) is 37.8 Å². The molecule has 0 aliphatic heterocycles. The zero-order valence-electron chi connectivity index (χ0n) is 17.7. The monoisotopic (exact) mass is 439 g/mol. The Morgan fingerprint density at radius 1 is 0.967 bits per heavy atom. The first-order valence-corrected chi connectivity index (χ1v) is 11.0. The minimum Gasteiger partial charge on any atom is -0.465 e. The molecule has 0 radical (unpaired) electrons. The van der Waals surface area contributed by atoms with E-state index in [2.05, 4.69) is 16.4 Å². The smallest absolute Gasteiger partial charge is 0.345 e. The van der Waals surface area contributed by atoms with Crippen LogP contribution >= 0.6 is 11.8 Å². The number of nitro benzene ring substituents is 1. The van der Waals surface area contributed by atoms with E-state index in [0.29, 0.717) is 6.42 Å². The number of methoxy groups -OCH3 is 2. The fourth-order valence-corrected chi connectivity index (χ4v) is 3.85. The lowest BCUT2D eigenvalue weighted by atomic mass is 10.0. The molecule has 9 heteroatoms. The molecule has 0 saturated heterocycles. The molecule has 0 bridgehead atoms. The fraction of sp³-hybridized carbons (Fsp3) is 0.571. The summed E-state index contributed by atoms with van der Waals surface area (Å²) in [5, 5.41) is 11.5. The Bertz CT molecular complexity index is 764. The van der Waals surface area contributed by atoms with Crippen molar-refractivity contribution in [2.75, 3.05) is 14.2 Å². The van der Waals surface area contributed by atoms with Gasteiger partial charge in [-0.2, -0.15) is 0 Å². The van der Waals surface area contributed by atoms with Crippen LogP contribution in [0, 0.1) is 10.1 Å². The Morgan fingerprint density at radius 2 is 1.57 bits per heavy atom. The van der Waals surface area contributed by atoms with Crippen LogP contribution < -0.4 is 0 Å². The van der Waals surface area contributed by atoms with Gasteiger partial charge < -0.3 is 9.47 Å². The van der Waals surface area contributed by atoms with Gasteiger partial charge in [-0.05, 0) is 18.1 Å². The Labute approximate surface area is 180 Å². The van der Waals surface area contributed by atoms with Gasteiger partial charge in [0.1, 0.15) is 11.1 Å². The van der Waals surface area contributed by atoms with Gasteiger partial charge in [0.25, 0.3) is 5.69 Å². The highest BCUT2D eigenvalue weighted by Gasteiger charge is 2.32. The molecule has 0 saturated carbocycles. The van der Waals surface area contributed by atoms with Crippen LogP contribution in [0.15, 0.2) is 12.1 Å². The van der Waals surface area contributed by atoms with E-state index in [-0.39, 0.29) is 27.6 Å². The molecule has 1 aromatic carbocycles. The molecule has 0 N–H and O–H groups in total. The van der Waals surface area contributed by atoms with Gasteiger partial charge in [-0.15, -0.1) is 0 Å². The van der Waals surface area contributed by atoms with Crippen LogP contribution in [0.2, 0.25) is 0 Å². The predicted molar refractivity (Wildman–Crippen MR) is 115 cm³/mol. The first kappa shape index (κ1) is 25.6. The highest BCUT2D eigenvalue weighted by Crippen LogP contribution is 2.31. The zero-order chi connectivity index (χ0) is 22.5. The SMILES string of the molecule is CCCCCCCCCC(=O)SCc1ccc(C(=O)OC)c([N+](=O)[O-])c1C(=O)OC. The maximum atomic E-state index is 12.2. The van der Waals surface area contributed by atoms with Crippen molar-refractivity contribution >= 4 is 34.5 Å². The zero-order valence-corrected chi connectivity index (χ0v) is 18.5. The van der Waals surface area contributed by atoms with E-state index in [9.17, 15) is 24.5 Å². The number of hydrogen-bond acceptors (Lipinski definition) is 8. The number of ether oxygens (including phenoxy) is 2. The molecule has 0 aliphatic rings. The van der Waals surface area contributed by atoms with Crippen LogP contribution in [0.4, 0.5) is 5.69 Å². The van der Waals surface area contributed by atoms with E-state index in [4.69, 9.17) is 0 Å². The number of esters is 2. The Morgan fingerprint density at radius 3 is 2.13 bits per heavy atom. The van der Waals surface area contributed by atoms with Crippen molar-refractivity contribution in [3.63, 3.8) is 0 Å². The Balaban J connectivity index is 2.83. The number of hydrogen-bond donors (Lipinski definition) is 0. The van der Waals surface area contributed by atoms with Crippen LogP contribution in [0.25, 0.3) is 0 Å². The average molecular weight is 440 g/mol. The number of carbonyl (C=O) groups excluding carboxylic acids is 3. The van der Waals surface area contributed by atoms with Crippen molar-refractivity contribution in [1.82, 2.24) is 0 Å². The van der Waals surface area contributed by atoms with Crippen molar-refractivity contribution in [1.29, 1.82) is 0 Å². The van der Waals surface area contributed by atoms with Crippen molar-refractivity contribution in [3.8, 4) is 0 Å². The van der Waals surface area contributed by atoms with E-state index in [1.54, 1.807) is 0 Å². The van der Waals surface area contributed by atoms with Gasteiger partial charge >= 0.3 is 11.9 Å². The summed E-state index contributed by atoms with van der Waals surface area (Å²) in [7, 11) is 2.19. The quantitative estimate of drug-likeness (QED) is 0.181. The van der Waals surface area contributed by atoms with Crippen molar-refractivity contribution in [3.05, 3.63) is 38.9 Å². The topological polar surface area (TPSA) is 113 Å².